The zero-order chi connectivity index (χ0) is 65.7. The van der Waals surface area contributed by atoms with E-state index in [0.717, 1.165) is 0 Å². The average Bonchev–Trinajstić information content (AvgIpc) is 1.33. The normalized spacial score (nSPS) is 21.6. The third-order valence-corrected chi connectivity index (χ3v) is 19.3. The Kier molecular flexibility index (Phi) is 23.7. The summed E-state index contributed by atoms with van der Waals surface area (Å²) in [4.78, 5) is 48.8. The van der Waals surface area contributed by atoms with Gasteiger partial charge in [0.2, 0.25) is 33.6 Å². The minimum absolute atomic E-state index is 0.00336. The van der Waals surface area contributed by atoms with E-state index in [1.807, 2.05) is 27.7 Å². The number of ether oxygens (including phenoxy) is 13. The number of benzene rings is 4. The predicted octanol–water partition coefficient (Wildman–Crippen LogP) is 4.45. The van der Waals surface area contributed by atoms with Crippen molar-refractivity contribution in [2.75, 3.05) is 86.0 Å². The van der Waals surface area contributed by atoms with Crippen LogP contribution in [0.5, 0.6) is 34.5 Å². The van der Waals surface area contributed by atoms with Gasteiger partial charge in [-0.1, -0.05) is 52.0 Å². The Morgan fingerprint density at radius 2 is 0.978 bits per heavy atom. The molecule has 30 heteroatoms. The van der Waals surface area contributed by atoms with Crippen LogP contribution in [0.3, 0.4) is 0 Å². The van der Waals surface area contributed by atoms with Crippen molar-refractivity contribution in [1.82, 2.24) is 19.2 Å². The van der Waals surface area contributed by atoms with Gasteiger partial charge in [-0.15, -0.1) is 0 Å². The summed E-state index contributed by atoms with van der Waals surface area (Å²) >= 11 is 0. The van der Waals surface area contributed by atoms with E-state index in [1.165, 1.54) is 45.0 Å². The van der Waals surface area contributed by atoms with Crippen molar-refractivity contribution in [3.05, 3.63) is 96.1 Å². The van der Waals surface area contributed by atoms with E-state index in [9.17, 15) is 46.2 Å². The van der Waals surface area contributed by atoms with Crippen molar-refractivity contribution in [3.8, 4) is 34.5 Å². The van der Waals surface area contributed by atoms with E-state index < -0.39 is 99.9 Å². The van der Waals surface area contributed by atoms with E-state index in [0.29, 0.717) is 71.7 Å². The molecule has 10 atom stereocenters. The Morgan fingerprint density at radius 3 is 1.38 bits per heavy atom. The number of fused-ring (bicyclic) bond motifs is 4. The number of carboxylic acids is 1. The molecule has 0 radical (unpaired) electrons. The second-order valence-electron chi connectivity index (χ2n) is 23.5. The summed E-state index contributed by atoms with van der Waals surface area (Å²) in [6.07, 6.45) is -4.50. The molecule has 10 rings (SSSR count). The summed E-state index contributed by atoms with van der Waals surface area (Å²) in [7, 11) is -8.19. The fourth-order valence-corrected chi connectivity index (χ4v) is 14.4. The maximum Gasteiger partial charge on any atom is 0.407 e. The highest BCUT2D eigenvalue weighted by atomic mass is 32.2. The molecule has 4 aromatic rings. The molecule has 4 aromatic carbocycles. The third kappa shape index (κ3) is 18.3. The Balaban J connectivity index is 0.000000218. The van der Waals surface area contributed by atoms with Crippen LogP contribution < -0.4 is 39.1 Å². The molecule has 0 spiro atoms. The van der Waals surface area contributed by atoms with Crippen molar-refractivity contribution in [2.24, 2.45) is 23.7 Å². The number of alkyl carbamates (subject to hydrolysis) is 2. The van der Waals surface area contributed by atoms with E-state index >= 15 is 0 Å². The lowest BCUT2D eigenvalue weighted by atomic mass is 10.0. The smallest absolute Gasteiger partial charge is 0.407 e. The molecule has 5 N–H and O–H groups in total. The molecule has 6 aliphatic heterocycles. The number of sulfonamides is 2. The number of amides is 2. The van der Waals surface area contributed by atoms with Gasteiger partial charge in [-0.05, 0) is 104 Å². The van der Waals surface area contributed by atoms with Gasteiger partial charge in [-0.3, -0.25) is 0 Å². The first-order chi connectivity index (χ1) is 44.0. The van der Waals surface area contributed by atoms with Crippen molar-refractivity contribution in [2.45, 2.75) is 119 Å². The highest BCUT2D eigenvalue weighted by Gasteiger charge is 2.46. The standard InChI is InChI=1S/C32H42N2O12S.C30H38N2O12S/c1-4-40-30(36)18-42-22-7-5-21(6-8-22)13-25(33-32(37)46-29-17-43-31-24(29)11-12-41-31)26(35)16-34(15-20(2)3)47(38,39)23-9-10-27-28(14-23)45-19-44-27;1-18(2)13-32(45(37,38)21-7-8-25-26(12-21)43-17-42-25)14-24(33)23(11-19-3-5-20(6-4-19)40-16-28(34)35)31-30(36)44-27-15-41-29-22(27)9-10-39-29/h5-10,14,20,24-26,29,31,35H,4,11-13,15-19H2,1-3H3,(H,33,37);3-8,12,18,22-24,27,29,33H,9-11,13-17H2,1-2H3,(H,31,36)(H,34,35)/t24-,25-,26+,29-,31+;22-,23-,24+,27-,29+/m00/s1. The molecule has 6 heterocycles. The number of esters is 1. The van der Waals surface area contributed by atoms with Gasteiger partial charge in [-0.2, -0.15) is 8.61 Å². The molecule has 0 unspecified atom stereocenters. The lowest BCUT2D eigenvalue weighted by Crippen LogP contribution is -2.51. The van der Waals surface area contributed by atoms with E-state index in [4.69, 9.17) is 66.7 Å². The van der Waals surface area contributed by atoms with Crippen molar-refractivity contribution in [1.29, 1.82) is 0 Å². The van der Waals surface area contributed by atoms with Gasteiger partial charge in [0.15, 0.2) is 48.8 Å². The number of carboxylic acid groups (broad SMARTS) is 1. The Labute approximate surface area is 533 Å². The third-order valence-electron chi connectivity index (χ3n) is 15.7. The quantitative estimate of drug-likeness (QED) is 0.0370. The number of carbonyl (C=O) groups excluding carboxylic acids is 3. The van der Waals surface area contributed by atoms with E-state index in [-0.39, 0.29) is 112 Å². The molecule has 0 saturated carbocycles. The first kappa shape index (κ1) is 69.1. The van der Waals surface area contributed by atoms with Gasteiger partial charge in [0.1, 0.15) is 23.7 Å². The van der Waals surface area contributed by atoms with Gasteiger partial charge in [0.05, 0.1) is 79.0 Å². The Hall–Kier alpha value is -7.26. The van der Waals surface area contributed by atoms with Gasteiger partial charge < -0.3 is 87.5 Å². The fourth-order valence-electron chi connectivity index (χ4n) is 11.1. The molecule has 92 heavy (non-hydrogen) atoms. The van der Waals surface area contributed by atoms with Gasteiger partial charge in [-0.25, -0.2) is 36.0 Å². The highest BCUT2D eigenvalue weighted by Crippen LogP contribution is 2.38. The highest BCUT2D eigenvalue weighted by molar-refractivity contribution is 7.89. The number of aliphatic carboxylic acids is 1. The molecule has 4 saturated heterocycles. The number of hydrogen-bond donors (Lipinski definition) is 5. The predicted molar refractivity (Wildman–Crippen MR) is 322 cm³/mol. The van der Waals surface area contributed by atoms with Crippen LogP contribution in [0, 0.1) is 23.7 Å². The molecule has 28 nitrogen and oxygen atoms in total. The molecule has 4 fully saturated rings. The first-order valence-corrected chi connectivity index (χ1v) is 33.3. The minimum atomic E-state index is -4.10. The molecular weight excluding hydrogens is 1250 g/mol. The lowest BCUT2D eigenvalue weighted by molar-refractivity contribution is -0.145. The second kappa shape index (κ2) is 31.6. The summed E-state index contributed by atoms with van der Waals surface area (Å²) in [6.45, 7) is 9.62. The van der Waals surface area contributed by atoms with Crippen LogP contribution >= 0.6 is 0 Å². The summed E-state index contributed by atoms with van der Waals surface area (Å²) in [5, 5.41) is 37.5. The Bertz CT molecular complexity index is 3380. The number of rotatable bonds is 29. The number of aliphatic hydroxyl groups excluding tert-OH is 2. The molecule has 0 aromatic heterocycles. The minimum Gasteiger partial charge on any atom is -0.482 e. The van der Waals surface area contributed by atoms with Crippen molar-refractivity contribution >= 4 is 44.2 Å². The van der Waals surface area contributed by atoms with Crippen LogP contribution in [-0.2, 0) is 75.6 Å². The van der Waals surface area contributed by atoms with Crippen LogP contribution in [-0.4, -0.2) is 200 Å². The molecule has 0 bridgehead atoms. The molecule has 0 aliphatic carbocycles. The summed E-state index contributed by atoms with van der Waals surface area (Å²) < 4.78 is 128. The van der Waals surface area contributed by atoms with Crippen LogP contribution in [0.25, 0.3) is 0 Å². The first-order valence-electron chi connectivity index (χ1n) is 30.4. The van der Waals surface area contributed by atoms with Crippen LogP contribution in [0.2, 0.25) is 0 Å². The summed E-state index contributed by atoms with van der Waals surface area (Å²) in [5.41, 5.74) is 1.38. The SMILES string of the molecule is CC(C)CN(C[C@@H](O)[C@H](Cc1ccc(OCC(=O)O)cc1)NC(=O)O[C@H]1CO[C@H]2OCC[C@H]21)S(=O)(=O)c1ccc2c(c1)OCO2.CCOC(=O)COc1ccc(C[C@H](NC(=O)O[C@H]2CO[C@H]3OCC[C@H]32)[C@H](O)CN(CC(C)C)S(=O)(=O)c2ccc3c(c2)OCO3)cc1. The number of hydrogen-bond acceptors (Lipinski definition) is 23. The molecule has 6 aliphatic rings. The number of nitrogens with one attached hydrogen (secondary N) is 2. The number of carbonyl (C=O) groups is 4. The number of nitrogens with zero attached hydrogens (tertiary/aromatic N) is 2. The largest absolute Gasteiger partial charge is 0.482 e. The average molecular weight is 1330 g/mol. The van der Waals surface area contributed by atoms with Crippen LogP contribution in [0.4, 0.5) is 9.59 Å². The maximum atomic E-state index is 13.9. The van der Waals surface area contributed by atoms with Crippen LogP contribution in [0.15, 0.2) is 94.7 Å². The monoisotopic (exact) mass is 1330 g/mol. The topological polar surface area (TPSA) is 348 Å². The lowest BCUT2D eigenvalue weighted by Gasteiger charge is -2.31. The second-order valence-corrected chi connectivity index (χ2v) is 27.4. The van der Waals surface area contributed by atoms with Crippen LogP contribution in [0.1, 0.15) is 58.6 Å². The number of aliphatic hydroxyl groups is 2. The van der Waals surface area contributed by atoms with Gasteiger partial charge >= 0.3 is 24.1 Å². The zero-order valence-corrected chi connectivity index (χ0v) is 53.3. The van der Waals surface area contributed by atoms with E-state index in [2.05, 4.69) is 10.6 Å². The Morgan fingerprint density at radius 1 is 0.565 bits per heavy atom. The van der Waals surface area contributed by atoms with Gasteiger partial charge in [0, 0.05) is 38.3 Å². The van der Waals surface area contributed by atoms with E-state index in [1.54, 1.807) is 55.5 Å². The van der Waals surface area contributed by atoms with Crippen molar-refractivity contribution in [3.63, 3.8) is 0 Å². The molecule has 2 amide bonds. The van der Waals surface area contributed by atoms with Gasteiger partial charge in [0.25, 0.3) is 0 Å². The molecular formula is C62H80N4O24S2. The van der Waals surface area contributed by atoms with Crippen molar-refractivity contribution < 1.29 is 113 Å². The summed E-state index contributed by atoms with van der Waals surface area (Å²) in [5.74, 6) is 0.332. The summed E-state index contributed by atoms with van der Waals surface area (Å²) in [6, 6.07) is 20.1. The maximum absolute atomic E-state index is 13.9. The molecule has 504 valence electrons. The fraction of sp³-hybridized carbons (Fsp3) is 0.548. The zero-order valence-electron chi connectivity index (χ0n) is 51.7.